The van der Waals surface area contributed by atoms with Crippen LogP contribution in [0.25, 0.3) is 0 Å². The van der Waals surface area contributed by atoms with Crippen LogP contribution in [0.4, 0.5) is 5.82 Å². The Morgan fingerprint density at radius 3 is 2.38 bits per heavy atom. The third kappa shape index (κ3) is 2.93. The molecule has 1 heterocycles. The predicted molar refractivity (Wildman–Crippen MR) is 82.1 cm³/mol. The minimum Gasteiger partial charge on any atom is -0.381 e. The number of rotatable bonds is 5. The zero-order valence-electron chi connectivity index (χ0n) is 12.4. The molecule has 0 radical (unpaired) electrons. The maximum atomic E-state index is 12.8. The molecule has 0 unspecified atom stereocenters. The fourth-order valence-corrected chi connectivity index (χ4v) is 3.94. The molecule has 0 aliphatic heterocycles. The SMILES string of the molecule is CCN(Cc1ccccc1)S(=O)(=O)c1c(N)nn(C)c1C. The van der Waals surface area contributed by atoms with Crippen LogP contribution in [0.1, 0.15) is 18.2 Å². The molecule has 1 aromatic carbocycles. The maximum Gasteiger partial charge on any atom is 0.248 e. The van der Waals surface area contributed by atoms with Gasteiger partial charge in [-0.3, -0.25) is 4.68 Å². The van der Waals surface area contributed by atoms with E-state index in [0.717, 1.165) is 5.56 Å². The van der Waals surface area contributed by atoms with Crippen LogP contribution in [0.3, 0.4) is 0 Å². The molecule has 0 saturated heterocycles. The quantitative estimate of drug-likeness (QED) is 0.908. The van der Waals surface area contributed by atoms with Crippen molar-refractivity contribution >= 4 is 15.8 Å². The molecule has 2 aromatic rings. The zero-order chi connectivity index (χ0) is 15.6. The minimum atomic E-state index is -3.66. The Hall–Kier alpha value is -1.86. The van der Waals surface area contributed by atoms with Crippen molar-refractivity contribution in [2.75, 3.05) is 12.3 Å². The van der Waals surface area contributed by atoms with Crippen molar-refractivity contribution in [2.24, 2.45) is 7.05 Å². The van der Waals surface area contributed by atoms with E-state index in [9.17, 15) is 8.42 Å². The van der Waals surface area contributed by atoms with Crippen molar-refractivity contribution in [1.29, 1.82) is 0 Å². The van der Waals surface area contributed by atoms with Gasteiger partial charge in [0.1, 0.15) is 4.90 Å². The minimum absolute atomic E-state index is 0.0431. The Balaban J connectivity index is 2.41. The molecular formula is C14H20N4O2S. The molecule has 0 bridgehead atoms. The first kappa shape index (κ1) is 15.5. The summed E-state index contributed by atoms with van der Waals surface area (Å²) in [5.41, 5.74) is 7.25. The molecule has 0 aliphatic rings. The molecule has 114 valence electrons. The van der Waals surface area contributed by atoms with E-state index in [1.807, 2.05) is 37.3 Å². The monoisotopic (exact) mass is 308 g/mol. The van der Waals surface area contributed by atoms with Gasteiger partial charge >= 0.3 is 0 Å². The molecule has 6 nitrogen and oxygen atoms in total. The number of nitrogens with zero attached hydrogens (tertiary/aromatic N) is 3. The van der Waals surface area contributed by atoms with Crippen LogP contribution in [0.15, 0.2) is 35.2 Å². The second-order valence-corrected chi connectivity index (χ2v) is 6.71. The standard InChI is InChI=1S/C14H20N4O2S/c1-4-18(10-12-8-6-5-7-9-12)21(19,20)13-11(2)17(3)16-14(13)15/h5-9H,4,10H2,1-3H3,(H2,15,16). The number of aromatic nitrogens is 2. The van der Waals surface area contributed by atoms with Crippen LogP contribution in [0.2, 0.25) is 0 Å². The molecule has 2 N–H and O–H groups in total. The molecule has 7 heteroatoms. The van der Waals surface area contributed by atoms with Gasteiger partial charge in [0.05, 0.1) is 5.69 Å². The maximum absolute atomic E-state index is 12.8. The van der Waals surface area contributed by atoms with E-state index in [4.69, 9.17) is 5.73 Å². The van der Waals surface area contributed by atoms with Crippen molar-refractivity contribution in [1.82, 2.24) is 14.1 Å². The lowest BCUT2D eigenvalue weighted by Crippen LogP contribution is -2.31. The van der Waals surface area contributed by atoms with Crippen molar-refractivity contribution in [3.63, 3.8) is 0 Å². The lowest BCUT2D eigenvalue weighted by molar-refractivity contribution is 0.423. The molecule has 21 heavy (non-hydrogen) atoms. The number of hydrogen-bond acceptors (Lipinski definition) is 4. The summed E-state index contributed by atoms with van der Waals surface area (Å²) in [6, 6.07) is 9.48. The fourth-order valence-electron chi connectivity index (χ4n) is 2.22. The molecule has 0 spiro atoms. The number of nitrogen functional groups attached to an aromatic ring is 1. The first-order valence-electron chi connectivity index (χ1n) is 6.71. The number of anilines is 1. The average Bonchev–Trinajstić information content (AvgIpc) is 2.70. The summed E-state index contributed by atoms with van der Waals surface area (Å²) >= 11 is 0. The molecule has 0 saturated carbocycles. The van der Waals surface area contributed by atoms with Gasteiger partial charge in [-0.1, -0.05) is 37.3 Å². The highest BCUT2D eigenvalue weighted by Gasteiger charge is 2.30. The van der Waals surface area contributed by atoms with Gasteiger partial charge in [-0.05, 0) is 12.5 Å². The summed E-state index contributed by atoms with van der Waals surface area (Å²) in [4.78, 5) is 0.0998. The summed E-state index contributed by atoms with van der Waals surface area (Å²) in [5.74, 6) is 0.0431. The van der Waals surface area contributed by atoms with Crippen molar-refractivity contribution in [3.05, 3.63) is 41.6 Å². The highest BCUT2D eigenvalue weighted by Crippen LogP contribution is 2.26. The Kier molecular flexibility index (Phi) is 4.34. The van der Waals surface area contributed by atoms with Gasteiger partial charge in [0, 0.05) is 20.1 Å². The molecule has 0 atom stereocenters. The summed E-state index contributed by atoms with van der Waals surface area (Å²) in [5, 5.41) is 3.99. The normalized spacial score (nSPS) is 12.0. The van der Waals surface area contributed by atoms with Crippen molar-refractivity contribution in [2.45, 2.75) is 25.3 Å². The van der Waals surface area contributed by atoms with Crippen LogP contribution in [-0.4, -0.2) is 29.0 Å². The van der Waals surface area contributed by atoms with E-state index in [1.165, 1.54) is 8.99 Å². The molecule has 0 amide bonds. The average molecular weight is 308 g/mol. The summed E-state index contributed by atoms with van der Waals surface area (Å²) < 4.78 is 28.5. The van der Waals surface area contributed by atoms with E-state index in [-0.39, 0.29) is 10.7 Å². The van der Waals surface area contributed by atoms with Crippen LogP contribution in [0.5, 0.6) is 0 Å². The Bertz CT molecular complexity index is 723. The lowest BCUT2D eigenvalue weighted by atomic mass is 10.2. The highest BCUT2D eigenvalue weighted by atomic mass is 32.2. The smallest absolute Gasteiger partial charge is 0.248 e. The largest absolute Gasteiger partial charge is 0.381 e. The third-order valence-electron chi connectivity index (χ3n) is 3.46. The Morgan fingerprint density at radius 1 is 1.29 bits per heavy atom. The Labute approximate surface area is 125 Å². The second-order valence-electron chi connectivity index (χ2n) is 4.84. The second kappa shape index (κ2) is 5.87. The van der Waals surface area contributed by atoms with E-state index >= 15 is 0 Å². The number of benzene rings is 1. The number of sulfonamides is 1. The van der Waals surface area contributed by atoms with Gasteiger partial charge in [0.15, 0.2) is 5.82 Å². The van der Waals surface area contributed by atoms with Gasteiger partial charge in [0.2, 0.25) is 10.0 Å². The van der Waals surface area contributed by atoms with Gasteiger partial charge in [-0.2, -0.15) is 9.40 Å². The summed E-state index contributed by atoms with van der Waals surface area (Å²) in [6.07, 6.45) is 0. The van der Waals surface area contributed by atoms with Crippen LogP contribution < -0.4 is 5.73 Å². The lowest BCUT2D eigenvalue weighted by Gasteiger charge is -2.20. The number of nitrogens with two attached hydrogens (primary N) is 1. The highest BCUT2D eigenvalue weighted by molar-refractivity contribution is 7.89. The van der Waals surface area contributed by atoms with E-state index in [1.54, 1.807) is 14.0 Å². The van der Waals surface area contributed by atoms with Crippen LogP contribution in [-0.2, 0) is 23.6 Å². The molecule has 0 fully saturated rings. The van der Waals surface area contributed by atoms with Crippen LogP contribution >= 0.6 is 0 Å². The molecule has 0 aliphatic carbocycles. The third-order valence-corrected chi connectivity index (χ3v) is 5.54. The van der Waals surface area contributed by atoms with Gasteiger partial charge in [-0.15, -0.1) is 0 Å². The molecule has 2 rings (SSSR count). The van der Waals surface area contributed by atoms with Crippen LogP contribution in [0, 0.1) is 6.92 Å². The van der Waals surface area contributed by atoms with Gasteiger partial charge in [0.25, 0.3) is 0 Å². The van der Waals surface area contributed by atoms with E-state index in [2.05, 4.69) is 5.10 Å². The topological polar surface area (TPSA) is 81.2 Å². The molecule has 1 aromatic heterocycles. The predicted octanol–water partition coefficient (Wildman–Crippen LogP) is 1.52. The fraction of sp³-hybridized carbons (Fsp3) is 0.357. The van der Waals surface area contributed by atoms with E-state index in [0.29, 0.717) is 18.8 Å². The van der Waals surface area contributed by atoms with E-state index < -0.39 is 10.0 Å². The molecular weight excluding hydrogens is 288 g/mol. The zero-order valence-corrected chi connectivity index (χ0v) is 13.3. The number of aryl methyl sites for hydroxylation is 1. The van der Waals surface area contributed by atoms with Crippen molar-refractivity contribution in [3.8, 4) is 0 Å². The number of hydrogen-bond donors (Lipinski definition) is 1. The summed E-state index contributed by atoms with van der Waals surface area (Å²) in [7, 11) is -1.99. The first-order valence-corrected chi connectivity index (χ1v) is 8.15. The van der Waals surface area contributed by atoms with Gasteiger partial charge in [-0.25, -0.2) is 8.42 Å². The Morgan fingerprint density at radius 2 is 1.90 bits per heavy atom. The first-order chi connectivity index (χ1) is 9.87. The van der Waals surface area contributed by atoms with Crippen molar-refractivity contribution < 1.29 is 8.42 Å². The van der Waals surface area contributed by atoms with Gasteiger partial charge < -0.3 is 5.73 Å². The summed E-state index contributed by atoms with van der Waals surface area (Å²) in [6.45, 7) is 4.19.